The molecular formula is C21H24FN5O3S. The summed E-state index contributed by atoms with van der Waals surface area (Å²) in [5, 5.41) is 21.7. The third-order valence-electron chi connectivity index (χ3n) is 5.23. The highest BCUT2D eigenvalue weighted by molar-refractivity contribution is 7.22. The van der Waals surface area contributed by atoms with Crippen molar-refractivity contribution in [3.05, 3.63) is 47.9 Å². The van der Waals surface area contributed by atoms with E-state index in [9.17, 15) is 14.3 Å². The number of nitrogens with zero attached hydrogens (tertiary/aromatic N) is 4. The maximum absolute atomic E-state index is 14.6. The lowest BCUT2D eigenvalue weighted by Crippen LogP contribution is -2.50. The van der Waals surface area contributed by atoms with Crippen molar-refractivity contribution < 1.29 is 19.4 Å². The highest BCUT2D eigenvalue weighted by atomic mass is 32.1. The van der Waals surface area contributed by atoms with Gasteiger partial charge < -0.3 is 20.0 Å². The van der Waals surface area contributed by atoms with Crippen molar-refractivity contribution in [2.45, 2.75) is 18.9 Å². The van der Waals surface area contributed by atoms with Gasteiger partial charge in [0.1, 0.15) is 0 Å². The predicted octanol–water partition coefficient (Wildman–Crippen LogP) is 2.47. The van der Waals surface area contributed by atoms with Gasteiger partial charge in [0, 0.05) is 32.4 Å². The lowest BCUT2D eigenvalue weighted by Gasteiger charge is -2.35. The summed E-state index contributed by atoms with van der Waals surface area (Å²) in [6.45, 7) is 1.52. The van der Waals surface area contributed by atoms with Gasteiger partial charge in [-0.1, -0.05) is 23.5 Å². The fraction of sp³-hybridized carbons (Fsp3) is 0.381. The molecule has 31 heavy (non-hydrogen) atoms. The van der Waals surface area contributed by atoms with Crippen molar-refractivity contribution >= 4 is 38.5 Å². The van der Waals surface area contributed by atoms with E-state index in [0.717, 1.165) is 10.2 Å². The maximum atomic E-state index is 14.6. The molecule has 164 valence electrons. The fourth-order valence-electron chi connectivity index (χ4n) is 3.48. The van der Waals surface area contributed by atoms with Crippen molar-refractivity contribution in [3.8, 4) is 0 Å². The lowest BCUT2D eigenvalue weighted by molar-refractivity contribution is 0.0885. The Morgan fingerprint density at radius 2 is 2.03 bits per heavy atom. The third kappa shape index (κ3) is 5.09. The summed E-state index contributed by atoms with van der Waals surface area (Å²) in [4.78, 5) is 24.8. The van der Waals surface area contributed by atoms with E-state index in [1.165, 1.54) is 17.4 Å². The van der Waals surface area contributed by atoms with E-state index in [1.807, 2.05) is 29.2 Å². The van der Waals surface area contributed by atoms with Gasteiger partial charge in [0.2, 0.25) is 0 Å². The van der Waals surface area contributed by atoms with Crippen LogP contribution in [0.2, 0.25) is 0 Å². The predicted molar refractivity (Wildman–Crippen MR) is 118 cm³/mol. The van der Waals surface area contributed by atoms with Gasteiger partial charge in [-0.3, -0.25) is 5.32 Å². The molecular weight excluding hydrogens is 421 g/mol. The standard InChI is InChI=1S/C21H24FN5O3S/c22-16-11-14(5-6-15(29)13-28)12-23-19(16)26-7-9-27(10-8-26)21(30)25-20-24-17-3-1-2-4-18(17)31-20/h1-4,11-12,15,28-29H,5-10,13H2,(H,24,25,30). The molecule has 3 heterocycles. The number of amides is 2. The van der Waals surface area contributed by atoms with Gasteiger partial charge in [-0.2, -0.15) is 0 Å². The molecule has 1 atom stereocenters. The molecule has 1 aliphatic rings. The SMILES string of the molecule is O=C(Nc1nc2ccccc2s1)N1CCN(c2ncc(CCC(O)CO)cc2F)CC1. The molecule has 3 N–H and O–H groups in total. The monoisotopic (exact) mass is 445 g/mol. The van der Waals surface area contributed by atoms with Gasteiger partial charge in [-0.15, -0.1) is 0 Å². The van der Waals surface area contributed by atoms with Crippen LogP contribution in [-0.4, -0.2) is 70.0 Å². The molecule has 0 bridgehead atoms. The van der Waals surface area contributed by atoms with Crippen molar-refractivity contribution in [2.75, 3.05) is 43.0 Å². The number of fused-ring (bicyclic) bond motifs is 1. The number of pyridine rings is 1. The van der Waals surface area contributed by atoms with Gasteiger partial charge in [0.15, 0.2) is 16.8 Å². The number of hydrogen-bond donors (Lipinski definition) is 3. The van der Waals surface area contributed by atoms with E-state index in [0.29, 0.717) is 49.7 Å². The van der Waals surface area contributed by atoms with Crippen molar-refractivity contribution in [3.63, 3.8) is 0 Å². The Morgan fingerprint density at radius 3 is 2.74 bits per heavy atom. The first-order valence-corrected chi connectivity index (χ1v) is 10.9. The van der Waals surface area contributed by atoms with Gasteiger partial charge in [-0.25, -0.2) is 19.2 Å². The molecule has 4 rings (SSSR count). The first kappa shape index (κ1) is 21.4. The number of anilines is 2. The number of aromatic nitrogens is 2. The highest BCUT2D eigenvalue weighted by Gasteiger charge is 2.24. The van der Waals surface area contributed by atoms with Crippen LogP contribution < -0.4 is 10.2 Å². The number of aliphatic hydroxyl groups is 2. The minimum Gasteiger partial charge on any atom is -0.394 e. The van der Waals surface area contributed by atoms with Gasteiger partial charge in [0.05, 0.1) is 22.9 Å². The Kier molecular flexibility index (Phi) is 6.59. The Hall–Kier alpha value is -2.82. The van der Waals surface area contributed by atoms with Crippen molar-refractivity contribution in [2.24, 2.45) is 0 Å². The number of halogens is 1. The molecule has 2 amide bonds. The normalized spacial score (nSPS) is 15.3. The lowest BCUT2D eigenvalue weighted by atomic mass is 10.1. The number of rotatable bonds is 6. The Balaban J connectivity index is 1.32. The van der Waals surface area contributed by atoms with Gasteiger partial charge in [0.25, 0.3) is 0 Å². The zero-order valence-electron chi connectivity index (χ0n) is 16.9. The highest BCUT2D eigenvalue weighted by Crippen LogP contribution is 2.26. The van der Waals surface area contributed by atoms with Crippen LogP contribution in [0.25, 0.3) is 10.2 Å². The number of para-hydroxylation sites is 1. The van der Waals surface area contributed by atoms with Crippen LogP contribution in [0, 0.1) is 5.82 Å². The number of piperazine rings is 1. The first-order valence-electron chi connectivity index (χ1n) is 10.1. The molecule has 10 heteroatoms. The zero-order valence-corrected chi connectivity index (χ0v) is 17.7. The third-order valence-corrected chi connectivity index (χ3v) is 6.18. The number of carbonyl (C=O) groups excluding carboxylic acids is 1. The topological polar surface area (TPSA) is 102 Å². The van der Waals surface area contributed by atoms with Gasteiger partial charge in [-0.05, 0) is 36.6 Å². The molecule has 0 saturated carbocycles. The van der Waals surface area contributed by atoms with E-state index >= 15 is 0 Å². The largest absolute Gasteiger partial charge is 0.394 e. The minimum atomic E-state index is -0.815. The zero-order chi connectivity index (χ0) is 21.8. The van der Waals surface area contributed by atoms with Crippen LogP contribution in [0.1, 0.15) is 12.0 Å². The summed E-state index contributed by atoms with van der Waals surface area (Å²) >= 11 is 1.43. The molecule has 8 nitrogen and oxygen atoms in total. The summed E-state index contributed by atoms with van der Waals surface area (Å²) < 4.78 is 15.6. The number of hydrogen-bond acceptors (Lipinski definition) is 7. The fourth-order valence-corrected chi connectivity index (χ4v) is 4.34. The van der Waals surface area contributed by atoms with Crippen LogP contribution in [0.5, 0.6) is 0 Å². The smallest absolute Gasteiger partial charge is 0.323 e. The molecule has 1 fully saturated rings. The molecule has 1 saturated heterocycles. The quantitative estimate of drug-likeness (QED) is 0.539. The number of urea groups is 1. The van der Waals surface area contributed by atoms with Crippen LogP contribution in [0.15, 0.2) is 36.5 Å². The van der Waals surface area contributed by atoms with Crippen molar-refractivity contribution in [1.29, 1.82) is 0 Å². The Bertz CT molecular complexity index is 1020. The summed E-state index contributed by atoms with van der Waals surface area (Å²) in [5.74, 6) is -0.166. The molecule has 0 aliphatic carbocycles. The maximum Gasteiger partial charge on any atom is 0.323 e. The second-order valence-corrected chi connectivity index (χ2v) is 8.45. The van der Waals surface area contributed by atoms with Gasteiger partial charge >= 0.3 is 6.03 Å². The number of aryl methyl sites for hydroxylation is 1. The van der Waals surface area contributed by atoms with Crippen LogP contribution >= 0.6 is 11.3 Å². The van der Waals surface area contributed by atoms with Crippen LogP contribution in [0.4, 0.5) is 20.1 Å². The number of aliphatic hydroxyl groups excluding tert-OH is 2. The molecule has 1 aromatic carbocycles. The molecule has 0 spiro atoms. The number of benzene rings is 1. The summed E-state index contributed by atoms with van der Waals surface area (Å²) in [5.41, 5.74) is 1.52. The summed E-state index contributed by atoms with van der Waals surface area (Å²) in [6.07, 6.45) is 1.56. The van der Waals surface area contributed by atoms with E-state index in [1.54, 1.807) is 11.1 Å². The average molecular weight is 446 g/mol. The Labute approximate surface area is 183 Å². The van der Waals surface area contributed by atoms with E-state index in [-0.39, 0.29) is 18.5 Å². The van der Waals surface area contributed by atoms with Crippen LogP contribution in [-0.2, 0) is 6.42 Å². The molecule has 0 radical (unpaired) electrons. The second kappa shape index (κ2) is 9.54. The number of nitrogens with one attached hydrogen (secondary N) is 1. The molecule has 3 aromatic rings. The van der Waals surface area contributed by atoms with E-state index in [4.69, 9.17) is 5.11 Å². The van der Waals surface area contributed by atoms with E-state index < -0.39 is 11.9 Å². The second-order valence-electron chi connectivity index (χ2n) is 7.42. The van der Waals surface area contributed by atoms with E-state index in [2.05, 4.69) is 15.3 Å². The number of thiazole rings is 1. The van der Waals surface area contributed by atoms with Crippen LogP contribution in [0.3, 0.4) is 0 Å². The molecule has 1 unspecified atom stereocenters. The Morgan fingerprint density at radius 1 is 1.26 bits per heavy atom. The molecule has 2 aromatic heterocycles. The summed E-state index contributed by atoms with van der Waals surface area (Å²) in [6, 6.07) is 8.91. The number of carbonyl (C=O) groups is 1. The average Bonchev–Trinajstić information content (AvgIpc) is 3.20. The first-order chi connectivity index (χ1) is 15.0. The van der Waals surface area contributed by atoms with Crippen molar-refractivity contribution in [1.82, 2.24) is 14.9 Å². The minimum absolute atomic E-state index is 0.218. The molecule has 1 aliphatic heterocycles. The summed E-state index contributed by atoms with van der Waals surface area (Å²) in [7, 11) is 0.